The summed E-state index contributed by atoms with van der Waals surface area (Å²) in [6.45, 7) is 3.84. The van der Waals surface area contributed by atoms with Gasteiger partial charge in [0.05, 0.1) is 0 Å². The number of thiocarbonyl (C=S) groups is 1. The van der Waals surface area contributed by atoms with Crippen molar-refractivity contribution in [3.8, 4) is 0 Å². The summed E-state index contributed by atoms with van der Waals surface area (Å²) in [5.74, 6) is -3.97. The number of nitrogens with one attached hydrogen (secondary N) is 4. The first kappa shape index (κ1) is 22.2. The molecule has 29 heavy (non-hydrogen) atoms. The Bertz CT molecular complexity index is 858. The van der Waals surface area contributed by atoms with Crippen LogP contribution in [0, 0.1) is 17.6 Å². The van der Waals surface area contributed by atoms with E-state index < -0.39 is 35.1 Å². The molecule has 0 saturated heterocycles. The largest absolute Gasteiger partial charge is 0.357 e. The lowest BCUT2D eigenvalue weighted by molar-refractivity contribution is -0.124. The molecule has 0 aliphatic carbocycles. The van der Waals surface area contributed by atoms with E-state index in [4.69, 9.17) is 12.2 Å². The number of halogens is 2. The molecule has 154 valence electrons. The Balaban J connectivity index is 1.92. The Morgan fingerprint density at radius 3 is 2.17 bits per heavy atom. The summed E-state index contributed by atoms with van der Waals surface area (Å²) >= 11 is 5.10. The number of hydrogen-bond acceptors (Lipinski definition) is 3. The number of rotatable bonds is 6. The van der Waals surface area contributed by atoms with E-state index in [1.165, 1.54) is 0 Å². The van der Waals surface area contributed by atoms with Gasteiger partial charge in [0.15, 0.2) is 5.11 Å². The summed E-state index contributed by atoms with van der Waals surface area (Å²) in [5, 5.41) is 5.46. The van der Waals surface area contributed by atoms with Crippen LogP contribution in [0.25, 0.3) is 0 Å². The lowest BCUT2D eigenvalue weighted by Gasteiger charge is -2.22. The molecule has 2 aromatic rings. The van der Waals surface area contributed by atoms with Crippen LogP contribution in [0.3, 0.4) is 0 Å². The number of hydrazine groups is 1. The molecule has 0 fully saturated rings. The van der Waals surface area contributed by atoms with E-state index in [2.05, 4.69) is 21.5 Å². The van der Waals surface area contributed by atoms with Gasteiger partial charge < -0.3 is 10.6 Å². The topological polar surface area (TPSA) is 82.3 Å². The van der Waals surface area contributed by atoms with Gasteiger partial charge in [-0.05, 0) is 35.8 Å². The Labute approximate surface area is 173 Å². The molecule has 0 unspecified atom stereocenters. The summed E-state index contributed by atoms with van der Waals surface area (Å²) in [5.41, 5.74) is 5.20. The van der Waals surface area contributed by atoms with Crippen LogP contribution in [-0.2, 0) is 11.3 Å². The molecule has 1 atom stereocenters. The maximum Gasteiger partial charge on any atom is 0.261 e. The van der Waals surface area contributed by atoms with E-state index in [9.17, 15) is 18.4 Å². The highest BCUT2D eigenvalue weighted by molar-refractivity contribution is 7.80. The summed E-state index contributed by atoms with van der Waals surface area (Å²) in [6.07, 6.45) is 0. The third-order valence-electron chi connectivity index (χ3n) is 4.02. The second-order valence-corrected chi connectivity index (χ2v) is 6.98. The van der Waals surface area contributed by atoms with Gasteiger partial charge in [0.25, 0.3) is 11.8 Å². The normalized spacial score (nSPS) is 11.5. The summed E-state index contributed by atoms with van der Waals surface area (Å²) in [4.78, 5) is 24.7. The minimum Gasteiger partial charge on any atom is -0.357 e. The van der Waals surface area contributed by atoms with Crippen LogP contribution in [-0.4, -0.2) is 23.0 Å². The second kappa shape index (κ2) is 10.5. The molecule has 2 aromatic carbocycles. The van der Waals surface area contributed by atoms with Crippen LogP contribution in [0.2, 0.25) is 0 Å². The Hall–Kier alpha value is -3.07. The van der Waals surface area contributed by atoms with E-state index in [0.717, 1.165) is 23.8 Å². The standard InChI is InChI=1S/C20H22F2N4O2S/c1-12(2)17(24-18(27)16-14(21)9-6-10-15(16)22)19(28)25-26-20(29)23-11-13-7-4-3-5-8-13/h3-10,12,17H,11H2,1-2H3,(H,24,27)(H,25,28)(H2,23,26,29)/t17-/m1/s1. The van der Waals surface area contributed by atoms with Crippen LogP contribution >= 0.6 is 12.2 Å². The lowest BCUT2D eigenvalue weighted by atomic mass is 10.0. The van der Waals surface area contributed by atoms with Crippen molar-refractivity contribution in [3.63, 3.8) is 0 Å². The molecule has 0 aliphatic rings. The first-order valence-corrected chi connectivity index (χ1v) is 9.33. The van der Waals surface area contributed by atoms with E-state index >= 15 is 0 Å². The Kier molecular flexibility index (Phi) is 8.02. The zero-order chi connectivity index (χ0) is 21.4. The van der Waals surface area contributed by atoms with Gasteiger partial charge in [-0.15, -0.1) is 0 Å². The van der Waals surface area contributed by atoms with Crippen molar-refractivity contribution in [1.82, 2.24) is 21.5 Å². The second-order valence-electron chi connectivity index (χ2n) is 6.57. The Morgan fingerprint density at radius 2 is 1.59 bits per heavy atom. The third kappa shape index (κ3) is 6.49. The first-order valence-electron chi connectivity index (χ1n) is 8.92. The highest BCUT2D eigenvalue weighted by Crippen LogP contribution is 2.13. The number of amides is 2. The fourth-order valence-corrected chi connectivity index (χ4v) is 2.60. The van der Waals surface area contributed by atoms with Gasteiger partial charge in [0.2, 0.25) is 0 Å². The molecule has 9 heteroatoms. The predicted molar refractivity (Wildman–Crippen MR) is 110 cm³/mol. The number of carbonyl (C=O) groups is 2. The zero-order valence-corrected chi connectivity index (χ0v) is 16.8. The van der Waals surface area contributed by atoms with Crippen molar-refractivity contribution in [1.29, 1.82) is 0 Å². The minimum atomic E-state index is -1.04. The lowest BCUT2D eigenvalue weighted by Crippen LogP contribution is -2.55. The van der Waals surface area contributed by atoms with Crippen LogP contribution < -0.4 is 21.5 Å². The number of carbonyl (C=O) groups excluding carboxylic acids is 2. The smallest absolute Gasteiger partial charge is 0.261 e. The van der Waals surface area contributed by atoms with E-state index in [1.54, 1.807) is 13.8 Å². The van der Waals surface area contributed by atoms with Gasteiger partial charge in [0, 0.05) is 6.54 Å². The highest BCUT2D eigenvalue weighted by Gasteiger charge is 2.27. The molecular formula is C20H22F2N4O2S. The fourth-order valence-electron chi connectivity index (χ4n) is 2.48. The van der Waals surface area contributed by atoms with Crippen LogP contribution in [0.4, 0.5) is 8.78 Å². The molecule has 2 rings (SSSR count). The van der Waals surface area contributed by atoms with Crippen molar-refractivity contribution >= 4 is 29.1 Å². The summed E-state index contributed by atoms with van der Waals surface area (Å²) < 4.78 is 27.6. The molecule has 0 radical (unpaired) electrons. The molecule has 6 nitrogen and oxygen atoms in total. The minimum absolute atomic E-state index is 0.177. The maximum absolute atomic E-state index is 13.8. The first-order chi connectivity index (χ1) is 13.8. The van der Waals surface area contributed by atoms with Gasteiger partial charge >= 0.3 is 0 Å². The fraction of sp³-hybridized carbons (Fsp3) is 0.250. The molecular weight excluding hydrogens is 398 g/mol. The van der Waals surface area contributed by atoms with Gasteiger partial charge in [-0.2, -0.15) is 0 Å². The van der Waals surface area contributed by atoms with Gasteiger partial charge in [-0.3, -0.25) is 20.4 Å². The molecule has 0 saturated carbocycles. The molecule has 4 N–H and O–H groups in total. The van der Waals surface area contributed by atoms with Crippen molar-refractivity contribution in [3.05, 3.63) is 71.3 Å². The summed E-state index contributed by atoms with van der Waals surface area (Å²) in [7, 11) is 0. The monoisotopic (exact) mass is 420 g/mol. The summed E-state index contributed by atoms with van der Waals surface area (Å²) in [6, 6.07) is 11.6. The maximum atomic E-state index is 13.8. The number of benzene rings is 2. The predicted octanol–water partition coefficient (Wildman–Crippen LogP) is 2.41. The van der Waals surface area contributed by atoms with Crippen LogP contribution in [0.15, 0.2) is 48.5 Å². The molecule has 0 aliphatic heterocycles. The molecule has 0 bridgehead atoms. The van der Waals surface area contributed by atoms with Crippen molar-refractivity contribution < 1.29 is 18.4 Å². The van der Waals surface area contributed by atoms with Crippen LogP contribution in [0.1, 0.15) is 29.8 Å². The zero-order valence-electron chi connectivity index (χ0n) is 16.0. The van der Waals surface area contributed by atoms with Crippen LogP contribution in [0.5, 0.6) is 0 Å². The van der Waals surface area contributed by atoms with Crippen molar-refractivity contribution in [2.45, 2.75) is 26.4 Å². The van der Waals surface area contributed by atoms with E-state index in [0.29, 0.717) is 6.54 Å². The average Bonchev–Trinajstić information content (AvgIpc) is 2.69. The van der Waals surface area contributed by atoms with Gasteiger partial charge in [-0.1, -0.05) is 50.2 Å². The molecule has 2 amide bonds. The Morgan fingerprint density at radius 1 is 0.966 bits per heavy atom. The van der Waals surface area contributed by atoms with E-state index in [-0.39, 0.29) is 11.0 Å². The number of hydrogen-bond donors (Lipinski definition) is 4. The van der Waals surface area contributed by atoms with E-state index in [1.807, 2.05) is 30.3 Å². The molecule has 0 aromatic heterocycles. The third-order valence-corrected chi connectivity index (χ3v) is 4.27. The molecule has 0 heterocycles. The average molecular weight is 420 g/mol. The van der Waals surface area contributed by atoms with Crippen molar-refractivity contribution in [2.24, 2.45) is 5.92 Å². The van der Waals surface area contributed by atoms with Gasteiger partial charge in [-0.25, -0.2) is 8.78 Å². The highest BCUT2D eigenvalue weighted by atomic mass is 32.1. The quantitative estimate of drug-likeness (QED) is 0.426. The SMILES string of the molecule is CC(C)[C@@H](NC(=O)c1c(F)cccc1F)C(=O)NNC(=S)NCc1ccccc1. The van der Waals surface area contributed by atoms with Crippen molar-refractivity contribution in [2.75, 3.05) is 0 Å². The van der Waals surface area contributed by atoms with Gasteiger partial charge in [0.1, 0.15) is 23.2 Å². The molecule has 0 spiro atoms.